The lowest BCUT2D eigenvalue weighted by Gasteiger charge is -2.29. The van der Waals surface area contributed by atoms with Crippen LogP contribution in [0.5, 0.6) is 11.5 Å². The molecular formula is C20H24N2O3. The van der Waals surface area contributed by atoms with Crippen molar-refractivity contribution in [3.05, 3.63) is 54.1 Å². The van der Waals surface area contributed by atoms with Gasteiger partial charge in [0.2, 0.25) is 5.91 Å². The van der Waals surface area contributed by atoms with Gasteiger partial charge in [0.1, 0.15) is 18.2 Å². The van der Waals surface area contributed by atoms with Crippen LogP contribution in [0.4, 0.5) is 5.69 Å². The summed E-state index contributed by atoms with van der Waals surface area (Å²) in [5.41, 5.74) is 1.36. The molecule has 25 heavy (non-hydrogen) atoms. The zero-order valence-electron chi connectivity index (χ0n) is 14.8. The predicted octanol–water partition coefficient (Wildman–Crippen LogP) is 3.14. The minimum atomic E-state index is -0.733. The molecule has 1 aliphatic rings. The first-order chi connectivity index (χ1) is 11.9. The van der Waals surface area contributed by atoms with Crippen molar-refractivity contribution >= 4 is 11.6 Å². The van der Waals surface area contributed by atoms with E-state index in [1.54, 1.807) is 0 Å². The van der Waals surface area contributed by atoms with Crippen molar-refractivity contribution in [3.63, 3.8) is 0 Å². The number of nitrogens with one attached hydrogen (secondary N) is 2. The number of ether oxygens (including phenoxy) is 2. The van der Waals surface area contributed by atoms with Crippen LogP contribution < -0.4 is 20.1 Å². The standard InChI is InChI=1S/C20H24N2O3/c1-14-8-10-15(11-9-14)22-20(2,3)19(23)21-12-16-13-24-17-6-4-5-7-18(17)25-16/h4-11,16,22H,12-13H2,1-3H3,(H,21,23). The van der Waals surface area contributed by atoms with Crippen molar-refractivity contribution in [3.8, 4) is 11.5 Å². The molecule has 2 aromatic carbocycles. The van der Waals surface area contributed by atoms with Crippen LogP contribution in [0.15, 0.2) is 48.5 Å². The average Bonchev–Trinajstić information content (AvgIpc) is 2.61. The molecule has 0 spiro atoms. The average molecular weight is 340 g/mol. The summed E-state index contributed by atoms with van der Waals surface area (Å²) >= 11 is 0. The van der Waals surface area contributed by atoms with Gasteiger partial charge in [-0.25, -0.2) is 0 Å². The van der Waals surface area contributed by atoms with Gasteiger partial charge < -0.3 is 20.1 Å². The van der Waals surface area contributed by atoms with Crippen LogP contribution >= 0.6 is 0 Å². The van der Waals surface area contributed by atoms with Gasteiger partial charge in [-0.3, -0.25) is 4.79 Å². The van der Waals surface area contributed by atoms with E-state index in [1.807, 2.05) is 69.3 Å². The summed E-state index contributed by atoms with van der Waals surface area (Å²) in [5.74, 6) is 1.37. The molecule has 5 heteroatoms. The molecule has 3 rings (SSSR count). The molecule has 0 bridgehead atoms. The number of carbonyl (C=O) groups is 1. The molecule has 1 unspecified atom stereocenters. The molecular weight excluding hydrogens is 316 g/mol. The number of carbonyl (C=O) groups excluding carboxylic acids is 1. The third kappa shape index (κ3) is 4.24. The van der Waals surface area contributed by atoms with E-state index in [0.29, 0.717) is 18.9 Å². The largest absolute Gasteiger partial charge is 0.486 e. The van der Waals surface area contributed by atoms with E-state index >= 15 is 0 Å². The van der Waals surface area contributed by atoms with Gasteiger partial charge in [0.15, 0.2) is 11.5 Å². The monoisotopic (exact) mass is 340 g/mol. The molecule has 1 atom stereocenters. The van der Waals surface area contributed by atoms with Gasteiger partial charge in [0, 0.05) is 5.69 Å². The van der Waals surface area contributed by atoms with Crippen molar-refractivity contribution in [1.29, 1.82) is 0 Å². The Bertz CT molecular complexity index is 741. The van der Waals surface area contributed by atoms with Crippen LogP contribution in [0.3, 0.4) is 0 Å². The van der Waals surface area contributed by atoms with E-state index in [4.69, 9.17) is 9.47 Å². The Morgan fingerprint density at radius 2 is 1.80 bits per heavy atom. The zero-order valence-corrected chi connectivity index (χ0v) is 14.8. The first-order valence-electron chi connectivity index (χ1n) is 8.46. The molecule has 1 heterocycles. The lowest BCUT2D eigenvalue weighted by atomic mass is 10.0. The maximum atomic E-state index is 12.6. The van der Waals surface area contributed by atoms with Crippen molar-refractivity contribution in [2.45, 2.75) is 32.4 Å². The molecule has 2 N–H and O–H groups in total. The van der Waals surface area contributed by atoms with E-state index in [1.165, 1.54) is 5.56 Å². The van der Waals surface area contributed by atoms with Crippen LogP contribution in [0.2, 0.25) is 0 Å². The molecule has 0 radical (unpaired) electrons. The number of aryl methyl sites for hydroxylation is 1. The van der Waals surface area contributed by atoms with E-state index in [9.17, 15) is 4.79 Å². The first kappa shape index (κ1) is 17.1. The topological polar surface area (TPSA) is 59.6 Å². The lowest BCUT2D eigenvalue weighted by Crippen LogP contribution is -2.51. The van der Waals surface area contributed by atoms with E-state index in [-0.39, 0.29) is 12.0 Å². The number of amides is 1. The molecule has 1 amide bonds. The number of hydrogen-bond donors (Lipinski definition) is 2. The summed E-state index contributed by atoms with van der Waals surface area (Å²) in [7, 11) is 0. The quantitative estimate of drug-likeness (QED) is 0.878. The van der Waals surface area contributed by atoms with Gasteiger partial charge in [-0.2, -0.15) is 0 Å². The van der Waals surface area contributed by atoms with Crippen molar-refractivity contribution < 1.29 is 14.3 Å². The number of rotatable bonds is 5. The smallest absolute Gasteiger partial charge is 0.245 e. The fourth-order valence-electron chi connectivity index (χ4n) is 2.65. The van der Waals surface area contributed by atoms with Crippen LogP contribution in [0.25, 0.3) is 0 Å². The molecule has 0 aliphatic carbocycles. The van der Waals surface area contributed by atoms with Crippen molar-refractivity contribution in [1.82, 2.24) is 5.32 Å². The van der Waals surface area contributed by atoms with Gasteiger partial charge in [0.25, 0.3) is 0 Å². The molecule has 0 saturated carbocycles. The van der Waals surface area contributed by atoms with Crippen molar-refractivity contribution in [2.24, 2.45) is 0 Å². The van der Waals surface area contributed by atoms with Crippen LogP contribution in [-0.2, 0) is 4.79 Å². The third-order valence-electron chi connectivity index (χ3n) is 4.13. The Hall–Kier alpha value is -2.69. The molecule has 0 fully saturated rings. The molecule has 5 nitrogen and oxygen atoms in total. The Kier molecular flexibility index (Phi) is 4.83. The number of benzene rings is 2. The summed E-state index contributed by atoms with van der Waals surface area (Å²) in [6, 6.07) is 15.5. The SMILES string of the molecule is Cc1ccc(NC(C)(C)C(=O)NCC2COc3ccccc3O2)cc1. The normalized spacial score (nSPS) is 16.2. The summed E-state index contributed by atoms with van der Waals surface area (Å²) in [4.78, 5) is 12.6. The van der Waals surface area contributed by atoms with Crippen LogP contribution in [0.1, 0.15) is 19.4 Å². The minimum absolute atomic E-state index is 0.0875. The maximum Gasteiger partial charge on any atom is 0.245 e. The summed E-state index contributed by atoms with van der Waals surface area (Å²) < 4.78 is 11.5. The van der Waals surface area contributed by atoms with Crippen LogP contribution in [0, 0.1) is 6.92 Å². The molecule has 1 aliphatic heterocycles. The van der Waals surface area contributed by atoms with Gasteiger partial charge in [-0.05, 0) is 45.0 Å². The molecule has 2 aromatic rings. The lowest BCUT2D eigenvalue weighted by molar-refractivity contribution is -0.125. The maximum absolute atomic E-state index is 12.6. The number of hydrogen-bond acceptors (Lipinski definition) is 4. The first-order valence-corrected chi connectivity index (χ1v) is 8.46. The number of anilines is 1. The Labute approximate surface area is 148 Å². The van der Waals surface area contributed by atoms with Gasteiger partial charge in [-0.1, -0.05) is 29.8 Å². The Balaban J connectivity index is 1.54. The Morgan fingerprint density at radius 1 is 1.12 bits per heavy atom. The fraction of sp³-hybridized carbons (Fsp3) is 0.350. The predicted molar refractivity (Wildman–Crippen MR) is 98.2 cm³/mol. The summed E-state index contributed by atoms with van der Waals surface area (Å²) in [5, 5.41) is 6.21. The molecule has 0 aromatic heterocycles. The molecule has 0 saturated heterocycles. The van der Waals surface area contributed by atoms with Gasteiger partial charge in [0.05, 0.1) is 6.54 Å². The second-order valence-electron chi connectivity index (χ2n) is 6.82. The highest BCUT2D eigenvalue weighted by Crippen LogP contribution is 2.30. The summed E-state index contributed by atoms with van der Waals surface area (Å²) in [6.07, 6.45) is -0.200. The van der Waals surface area contributed by atoms with Crippen LogP contribution in [-0.4, -0.2) is 30.7 Å². The van der Waals surface area contributed by atoms with E-state index < -0.39 is 5.54 Å². The highest BCUT2D eigenvalue weighted by molar-refractivity contribution is 5.88. The van der Waals surface area contributed by atoms with Gasteiger partial charge >= 0.3 is 0 Å². The van der Waals surface area contributed by atoms with Gasteiger partial charge in [-0.15, -0.1) is 0 Å². The zero-order chi connectivity index (χ0) is 17.9. The highest BCUT2D eigenvalue weighted by atomic mass is 16.6. The minimum Gasteiger partial charge on any atom is -0.486 e. The van der Waals surface area contributed by atoms with E-state index in [2.05, 4.69) is 10.6 Å². The van der Waals surface area contributed by atoms with Crippen molar-refractivity contribution in [2.75, 3.05) is 18.5 Å². The fourth-order valence-corrected chi connectivity index (χ4v) is 2.65. The molecule has 132 valence electrons. The number of fused-ring (bicyclic) bond motifs is 1. The highest BCUT2D eigenvalue weighted by Gasteiger charge is 2.29. The second-order valence-corrected chi connectivity index (χ2v) is 6.82. The second kappa shape index (κ2) is 7.05. The summed E-state index contributed by atoms with van der Waals surface area (Å²) in [6.45, 7) is 6.56. The third-order valence-corrected chi connectivity index (χ3v) is 4.13. The number of para-hydroxylation sites is 2. The van der Waals surface area contributed by atoms with E-state index in [0.717, 1.165) is 11.4 Å². The Morgan fingerprint density at radius 3 is 2.52 bits per heavy atom.